The third-order valence-corrected chi connectivity index (χ3v) is 1.98. The molecule has 1 saturated carbocycles. The average molecular weight is 144 g/mol. The Balaban J connectivity index is 2.61. The lowest BCUT2D eigenvalue weighted by Gasteiger charge is -2.12. The second-order valence-electron chi connectivity index (χ2n) is 2.74. The fourth-order valence-corrected chi connectivity index (χ4v) is 1.25. The van der Waals surface area contributed by atoms with E-state index in [0.29, 0.717) is 12.0 Å². The lowest BCUT2D eigenvalue weighted by Crippen LogP contribution is -2.27. The van der Waals surface area contributed by atoms with Crippen LogP contribution >= 0.6 is 0 Å². The van der Waals surface area contributed by atoms with Crippen molar-refractivity contribution in [3.8, 4) is 0 Å². The normalized spacial score (nSPS) is 40.7. The Morgan fingerprint density at radius 1 is 1.50 bits per heavy atom. The van der Waals surface area contributed by atoms with Crippen LogP contribution in [0.3, 0.4) is 0 Å². The average Bonchev–Trinajstić information content (AvgIpc) is 2.17. The van der Waals surface area contributed by atoms with Crippen LogP contribution in [0.2, 0.25) is 0 Å². The molecule has 1 aliphatic rings. The molecule has 1 aliphatic carbocycles. The van der Waals surface area contributed by atoms with Gasteiger partial charge < -0.3 is 15.3 Å². The predicted molar refractivity (Wildman–Crippen MR) is 36.3 cm³/mol. The third kappa shape index (κ3) is 1.08. The molecule has 0 aliphatic heterocycles. The molecule has 1 rings (SSSR count). The van der Waals surface area contributed by atoms with Crippen molar-refractivity contribution in [3.63, 3.8) is 0 Å². The minimum atomic E-state index is -0.836. The van der Waals surface area contributed by atoms with E-state index in [1.807, 2.05) is 0 Å². The molecule has 0 aromatic carbocycles. The van der Waals surface area contributed by atoms with E-state index < -0.39 is 12.2 Å². The van der Waals surface area contributed by atoms with Crippen LogP contribution in [0.15, 0.2) is 12.2 Å². The second-order valence-corrected chi connectivity index (χ2v) is 2.74. The molecule has 3 nitrogen and oxygen atoms in total. The van der Waals surface area contributed by atoms with Gasteiger partial charge in [0.05, 0.1) is 6.10 Å². The maximum atomic E-state index is 9.16. The summed E-state index contributed by atoms with van der Waals surface area (Å²) in [5.74, 6) is -0.220. The highest BCUT2D eigenvalue weighted by molar-refractivity contribution is 5.13. The molecule has 0 aromatic rings. The molecule has 3 atom stereocenters. The molecule has 0 radical (unpaired) electrons. The first-order valence-electron chi connectivity index (χ1n) is 3.31. The lowest BCUT2D eigenvalue weighted by molar-refractivity contribution is 0.0151. The van der Waals surface area contributed by atoms with E-state index in [0.717, 1.165) is 0 Å². The summed E-state index contributed by atoms with van der Waals surface area (Å²) in [6, 6.07) is 0. The number of hydrogen-bond donors (Lipinski definition) is 3. The van der Waals surface area contributed by atoms with Crippen molar-refractivity contribution in [2.75, 3.05) is 6.61 Å². The molecule has 0 heterocycles. The highest BCUT2D eigenvalue weighted by atomic mass is 16.3. The van der Waals surface area contributed by atoms with Gasteiger partial charge in [-0.1, -0.05) is 6.58 Å². The number of aliphatic hydroxyl groups excluding tert-OH is 3. The zero-order valence-electron chi connectivity index (χ0n) is 5.70. The monoisotopic (exact) mass is 144 g/mol. The summed E-state index contributed by atoms with van der Waals surface area (Å²) >= 11 is 0. The van der Waals surface area contributed by atoms with E-state index in [4.69, 9.17) is 15.3 Å². The Labute approximate surface area is 59.6 Å². The number of rotatable bonds is 1. The first kappa shape index (κ1) is 7.72. The fraction of sp³-hybridized carbons (Fsp3) is 0.714. The Kier molecular flexibility index (Phi) is 2.08. The Morgan fingerprint density at radius 3 is 2.30 bits per heavy atom. The zero-order valence-corrected chi connectivity index (χ0v) is 5.70. The summed E-state index contributed by atoms with van der Waals surface area (Å²) in [4.78, 5) is 0. The second kappa shape index (κ2) is 2.70. The molecular formula is C7H12O3. The van der Waals surface area contributed by atoms with Crippen molar-refractivity contribution < 1.29 is 15.3 Å². The summed E-state index contributed by atoms with van der Waals surface area (Å²) in [5.41, 5.74) is 0.617. The van der Waals surface area contributed by atoms with Crippen LogP contribution in [-0.4, -0.2) is 34.1 Å². The van der Waals surface area contributed by atoms with Crippen LogP contribution < -0.4 is 0 Å². The Morgan fingerprint density at radius 2 is 2.10 bits per heavy atom. The molecule has 10 heavy (non-hydrogen) atoms. The molecule has 58 valence electrons. The van der Waals surface area contributed by atoms with Gasteiger partial charge in [-0.2, -0.15) is 0 Å². The first-order valence-corrected chi connectivity index (χ1v) is 3.31. The first-order chi connectivity index (χ1) is 4.66. The number of aliphatic hydroxyl groups is 3. The van der Waals surface area contributed by atoms with Crippen molar-refractivity contribution in [1.82, 2.24) is 0 Å². The minimum absolute atomic E-state index is 0.0861. The van der Waals surface area contributed by atoms with E-state index in [-0.39, 0.29) is 12.5 Å². The molecule has 0 spiro atoms. The summed E-state index contributed by atoms with van der Waals surface area (Å²) < 4.78 is 0. The maximum Gasteiger partial charge on any atom is 0.101 e. The van der Waals surface area contributed by atoms with E-state index >= 15 is 0 Å². The maximum absolute atomic E-state index is 9.16. The highest BCUT2D eigenvalue weighted by Gasteiger charge is 2.35. The number of hydrogen-bond acceptors (Lipinski definition) is 3. The van der Waals surface area contributed by atoms with Crippen LogP contribution in [0, 0.1) is 5.92 Å². The van der Waals surface area contributed by atoms with Gasteiger partial charge in [-0.3, -0.25) is 0 Å². The SMILES string of the molecule is C=C1C[C@H](CO)[C@@H](O)[C@H]1O. The van der Waals surface area contributed by atoms with Gasteiger partial charge in [0.25, 0.3) is 0 Å². The molecule has 0 aromatic heterocycles. The van der Waals surface area contributed by atoms with Crippen LogP contribution in [-0.2, 0) is 0 Å². The standard InChI is InChI=1S/C7H12O3/c1-4-2-5(3-8)7(10)6(4)9/h5-10H,1-3H2/t5-,6+,7-/m1/s1. The van der Waals surface area contributed by atoms with Gasteiger partial charge in [0, 0.05) is 12.5 Å². The smallest absolute Gasteiger partial charge is 0.101 e. The third-order valence-electron chi connectivity index (χ3n) is 1.98. The van der Waals surface area contributed by atoms with Gasteiger partial charge in [-0.15, -0.1) is 0 Å². The van der Waals surface area contributed by atoms with E-state index in [2.05, 4.69) is 6.58 Å². The highest BCUT2D eigenvalue weighted by Crippen LogP contribution is 2.29. The molecule has 0 unspecified atom stereocenters. The van der Waals surface area contributed by atoms with Crippen LogP contribution in [0.1, 0.15) is 6.42 Å². The van der Waals surface area contributed by atoms with Crippen molar-refractivity contribution in [1.29, 1.82) is 0 Å². The van der Waals surface area contributed by atoms with Crippen molar-refractivity contribution >= 4 is 0 Å². The van der Waals surface area contributed by atoms with Crippen LogP contribution in [0.25, 0.3) is 0 Å². The predicted octanol–water partition coefficient (Wildman–Crippen LogP) is -0.723. The van der Waals surface area contributed by atoms with Crippen molar-refractivity contribution in [2.45, 2.75) is 18.6 Å². The van der Waals surface area contributed by atoms with Gasteiger partial charge >= 0.3 is 0 Å². The van der Waals surface area contributed by atoms with Gasteiger partial charge in [0.1, 0.15) is 6.10 Å². The molecular weight excluding hydrogens is 132 g/mol. The van der Waals surface area contributed by atoms with Gasteiger partial charge in [-0.25, -0.2) is 0 Å². The van der Waals surface area contributed by atoms with E-state index in [9.17, 15) is 0 Å². The molecule has 0 saturated heterocycles. The minimum Gasteiger partial charge on any atom is -0.396 e. The molecule has 0 amide bonds. The topological polar surface area (TPSA) is 60.7 Å². The van der Waals surface area contributed by atoms with Crippen LogP contribution in [0.4, 0.5) is 0 Å². The summed E-state index contributed by atoms with van der Waals surface area (Å²) in [6.45, 7) is 3.48. The van der Waals surface area contributed by atoms with Gasteiger partial charge in [0.2, 0.25) is 0 Å². The largest absolute Gasteiger partial charge is 0.396 e. The summed E-state index contributed by atoms with van der Waals surface area (Å²) in [5, 5.41) is 26.9. The molecule has 1 fully saturated rings. The Bertz CT molecular complexity index is 144. The molecule has 3 N–H and O–H groups in total. The van der Waals surface area contributed by atoms with Gasteiger partial charge in [0.15, 0.2) is 0 Å². The quantitative estimate of drug-likeness (QED) is 0.425. The van der Waals surface area contributed by atoms with Crippen molar-refractivity contribution in [3.05, 3.63) is 12.2 Å². The molecule has 0 bridgehead atoms. The Hall–Kier alpha value is -0.380. The lowest BCUT2D eigenvalue weighted by atomic mass is 10.1. The molecule has 3 heteroatoms. The zero-order chi connectivity index (χ0) is 7.72. The van der Waals surface area contributed by atoms with E-state index in [1.54, 1.807) is 0 Å². The van der Waals surface area contributed by atoms with Crippen LogP contribution in [0.5, 0.6) is 0 Å². The fourth-order valence-electron chi connectivity index (χ4n) is 1.25. The van der Waals surface area contributed by atoms with E-state index in [1.165, 1.54) is 0 Å². The summed E-state index contributed by atoms with van der Waals surface area (Å²) in [6.07, 6.45) is -1.13. The van der Waals surface area contributed by atoms with Gasteiger partial charge in [-0.05, 0) is 12.0 Å². The van der Waals surface area contributed by atoms with Crippen molar-refractivity contribution in [2.24, 2.45) is 5.92 Å². The summed E-state index contributed by atoms with van der Waals surface area (Å²) in [7, 11) is 0.